The molecule has 0 amide bonds. The molecule has 0 saturated carbocycles. The number of ether oxygens (including phenoxy) is 1. The van der Waals surface area contributed by atoms with E-state index in [0.29, 0.717) is 6.61 Å². The van der Waals surface area contributed by atoms with Crippen LogP contribution in [0.5, 0.6) is 0 Å². The number of benzene rings is 3. The van der Waals surface area contributed by atoms with Crippen LogP contribution >= 0.6 is 11.8 Å². The summed E-state index contributed by atoms with van der Waals surface area (Å²) >= 11 is 1.74. The van der Waals surface area contributed by atoms with Crippen molar-refractivity contribution < 1.29 is 9.57 Å². The molecule has 0 spiro atoms. The molecule has 0 aliphatic carbocycles. The van der Waals surface area contributed by atoms with Crippen molar-refractivity contribution in [2.75, 3.05) is 45.7 Å². The number of hydrogen-bond acceptors (Lipinski definition) is 5. The van der Waals surface area contributed by atoms with E-state index >= 15 is 0 Å². The van der Waals surface area contributed by atoms with Crippen LogP contribution in [0.4, 0.5) is 0 Å². The largest absolute Gasteiger partial charge is 0.394 e. The normalized spacial score (nSPS) is 15.6. The van der Waals surface area contributed by atoms with Crippen LogP contribution in [0.15, 0.2) is 76.8 Å². The molecule has 0 aromatic heterocycles. The molecule has 4 nitrogen and oxygen atoms in total. The molecule has 1 aliphatic heterocycles. The topological polar surface area (TPSA) is 34.1 Å². The average Bonchev–Trinajstić information content (AvgIpc) is 2.80. The molecular weight excluding hydrogens is 380 g/mol. The predicted octanol–water partition coefficient (Wildman–Crippen LogP) is 4.66. The molecule has 3 aromatic carbocycles. The van der Waals surface area contributed by atoms with Gasteiger partial charge in [0.05, 0.1) is 13.2 Å². The van der Waals surface area contributed by atoms with Gasteiger partial charge in [-0.25, -0.2) is 0 Å². The molecule has 29 heavy (non-hydrogen) atoms. The second kappa shape index (κ2) is 9.92. The minimum atomic E-state index is 0.567. The highest BCUT2D eigenvalue weighted by atomic mass is 32.2. The second-order valence-electron chi connectivity index (χ2n) is 6.98. The van der Waals surface area contributed by atoms with Crippen LogP contribution in [0.1, 0.15) is 11.1 Å². The highest BCUT2D eigenvalue weighted by Gasteiger charge is 2.13. The van der Waals surface area contributed by atoms with E-state index in [2.05, 4.69) is 83.0 Å². The summed E-state index contributed by atoms with van der Waals surface area (Å²) < 4.78 is 5.41. The van der Waals surface area contributed by atoms with E-state index in [1.165, 1.54) is 15.7 Å². The SMILES string of the molecule is CSc1ccc(/C(=N\OCCN2CCOCC2)c2cccc3ccccc23)cc1. The summed E-state index contributed by atoms with van der Waals surface area (Å²) in [6.45, 7) is 4.94. The van der Waals surface area contributed by atoms with Crippen LogP contribution < -0.4 is 0 Å². The van der Waals surface area contributed by atoms with Crippen LogP contribution in [-0.2, 0) is 9.57 Å². The summed E-state index contributed by atoms with van der Waals surface area (Å²) in [4.78, 5) is 9.40. The monoisotopic (exact) mass is 406 g/mol. The Bertz CT molecular complexity index is 961. The molecule has 4 rings (SSSR count). The van der Waals surface area contributed by atoms with E-state index < -0.39 is 0 Å². The molecule has 150 valence electrons. The Morgan fingerprint density at radius 1 is 1.00 bits per heavy atom. The van der Waals surface area contributed by atoms with Crippen molar-refractivity contribution in [2.45, 2.75) is 4.90 Å². The van der Waals surface area contributed by atoms with E-state index in [0.717, 1.165) is 49.7 Å². The Kier molecular flexibility index (Phi) is 6.83. The van der Waals surface area contributed by atoms with Gasteiger partial charge in [-0.1, -0.05) is 59.8 Å². The zero-order chi connectivity index (χ0) is 19.9. The van der Waals surface area contributed by atoms with E-state index in [9.17, 15) is 0 Å². The van der Waals surface area contributed by atoms with Gasteiger partial charge >= 0.3 is 0 Å². The first-order chi connectivity index (χ1) is 14.3. The number of rotatable bonds is 7. The molecule has 0 N–H and O–H groups in total. The second-order valence-corrected chi connectivity index (χ2v) is 7.86. The van der Waals surface area contributed by atoms with Gasteiger partial charge in [-0.15, -0.1) is 11.8 Å². The number of nitrogens with zero attached hydrogens (tertiary/aromatic N) is 2. The highest BCUT2D eigenvalue weighted by Crippen LogP contribution is 2.24. The molecule has 0 atom stereocenters. The Labute approximate surface area is 176 Å². The first-order valence-corrected chi connectivity index (χ1v) is 11.2. The smallest absolute Gasteiger partial charge is 0.129 e. The van der Waals surface area contributed by atoms with Crippen molar-refractivity contribution in [3.8, 4) is 0 Å². The molecule has 3 aromatic rings. The van der Waals surface area contributed by atoms with Crippen molar-refractivity contribution in [3.63, 3.8) is 0 Å². The molecular formula is C24H26N2O2S. The minimum absolute atomic E-state index is 0.567. The first kappa shape index (κ1) is 20.0. The molecule has 1 aliphatic rings. The maximum Gasteiger partial charge on any atom is 0.129 e. The van der Waals surface area contributed by atoms with E-state index in [1.54, 1.807) is 11.8 Å². The van der Waals surface area contributed by atoms with Gasteiger partial charge in [-0.3, -0.25) is 4.90 Å². The number of oxime groups is 1. The zero-order valence-electron chi connectivity index (χ0n) is 16.7. The van der Waals surface area contributed by atoms with Gasteiger partial charge in [0.15, 0.2) is 0 Å². The lowest BCUT2D eigenvalue weighted by atomic mass is 9.97. The van der Waals surface area contributed by atoms with Crippen molar-refractivity contribution in [2.24, 2.45) is 5.16 Å². The average molecular weight is 407 g/mol. The standard InChI is InChI=1S/C24H26N2O2S/c1-29-21-11-9-20(10-12-21)24(25-28-18-15-26-13-16-27-17-14-26)23-8-4-6-19-5-2-3-7-22(19)23/h2-12H,13-18H2,1H3/b25-24+. The summed E-state index contributed by atoms with van der Waals surface area (Å²) in [7, 11) is 0. The van der Waals surface area contributed by atoms with Gasteiger partial charge < -0.3 is 9.57 Å². The predicted molar refractivity (Wildman–Crippen MR) is 121 cm³/mol. The van der Waals surface area contributed by atoms with Crippen molar-refractivity contribution in [1.82, 2.24) is 4.90 Å². The van der Waals surface area contributed by atoms with Crippen LogP contribution in [0, 0.1) is 0 Å². The van der Waals surface area contributed by atoms with E-state index in [4.69, 9.17) is 9.57 Å². The molecule has 1 fully saturated rings. The lowest BCUT2D eigenvalue weighted by Gasteiger charge is -2.25. The number of hydrogen-bond donors (Lipinski definition) is 0. The van der Waals surface area contributed by atoms with Crippen LogP contribution in [0.3, 0.4) is 0 Å². The molecule has 0 unspecified atom stereocenters. The number of thioether (sulfide) groups is 1. The summed E-state index contributed by atoms with van der Waals surface area (Å²) in [6.07, 6.45) is 2.09. The van der Waals surface area contributed by atoms with Crippen molar-refractivity contribution >= 4 is 28.2 Å². The molecule has 0 bridgehead atoms. The maximum atomic E-state index is 5.81. The first-order valence-electron chi connectivity index (χ1n) is 9.98. The van der Waals surface area contributed by atoms with Crippen LogP contribution in [0.2, 0.25) is 0 Å². The van der Waals surface area contributed by atoms with Gasteiger partial charge in [0.25, 0.3) is 0 Å². The van der Waals surface area contributed by atoms with E-state index in [1.807, 2.05) is 0 Å². The third-order valence-electron chi connectivity index (χ3n) is 5.17. The third-order valence-corrected chi connectivity index (χ3v) is 5.91. The maximum absolute atomic E-state index is 5.81. The lowest BCUT2D eigenvalue weighted by Crippen LogP contribution is -2.38. The minimum Gasteiger partial charge on any atom is -0.394 e. The van der Waals surface area contributed by atoms with Crippen LogP contribution in [-0.4, -0.2) is 56.3 Å². The Hall–Kier alpha value is -2.34. The number of morpholine rings is 1. The van der Waals surface area contributed by atoms with Crippen molar-refractivity contribution in [1.29, 1.82) is 0 Å². The fourth-order valence-corrected chi connectivity index (χ4v) is 3.95. The van der Waals surface area contributed by atoms with Crippen LogP contribution in [0.25, 0.3) is 10.8 Å². The number of fused-ring (bicyclic) bond motifs is 1. The van der Waals surface area contributed by atoms with Gasteiger partial charge in [-0.05, 0) is 29.2 Å². The van der Waals surface area contributed by atoms with E-state index in [-0.39, 0.29) is 0 Å². The molecule has 1 heterocycles. The zero-order valence-corrected chi connectivity index (χ0v) is 17.5. The van der Waals surface area contributed by atoms with Gasteiger partial charge in [0.1, 0.15) is 12.3 Å². The Morgan fingerprint density at radius 2 is 1.76 bits per heavy atom. The van der Waals surface area contributed by atoms with Gasteiger partial charge in [0.2, 0.25) is 0 Å². The third kappa shape index (κ3) is 4.99. The van der Waals surface area contributed by atoms with Gasteiger partial charge in [-0.2, -0.15) is 0 Å². The summed E-state index contributed by atoms with van der Waals surface area (Å²) in [5, 5.41) is 6.99. The lowest BCUT2D eigenvalue weighted by molar-refractivity contribution is 0.0212. The summed E-state index contributed by atoms with van der Waals surface area (Å²) in [5.41, 5.74) is 3.02. The Balaban J connectivity index is 1.61. The molecule has 0 radical (unpaired) electrons. The van der Waals surface area contributed by atoms with Gasteiger partial charge in [0, 0.05) is 35.7 Å². The Morgan fingerprint density at radius 3 is 2.55 bits per heavy atom. The fraction of sp³-hybridized carbons (Fsp3) is 0.292. The summed E-state index contributed by atoms with van der Waals surface area (Å²) in [5.74, 6) is 0. The fourth-order valence-electron chi connectivity index (χ4n) is 3.54. The van der Waals surface area contributed by atoms with Crippen molar-refractivity contribution in [3.05, 3.63) is 77.9 Å². The summed E-state index contributed by atoms with van der Waals surface area (Å²) in [6, 6.07) is 23.3. The quantitative estimate of drug-likeness (QED) is 0.247. The highest BCUT2D eigenvalue weighted by molar-refractivity contribution is 7.98. The molecule has 1 saturated heterocycles. The molecule has 5 heteroatoms.